The van der Waals surface area contributed by atoms with Gasteiger partial charge in [0.2, 0.25) is 11.1 Å². The van der Waals surface area contributed by atoms with Crippen LogP contribution in [0.4, 0.5) is 0 Å². The highest BCUT2D eigenvalue weighted by atomic mass is 32.2. The fourth-order valence-electron chi connectivity index (χ4n) is 2.64. The molecule has 3 N–H and O–H groups in total. The summed E-state index contributed by atoms with van der Waals surface area (Å²) in [5.41, 5.74) is 2.25. The third-order valence-electron chi connectivity index (χ3n) is 4.14. The molecule has 2 aromatic rings. The number of nitrogens with two attached hydrogens (primary N) is 1. The van der Waals surface area contributed by atoms with Gasteiger partial charge < -0.3 is 11.2 Å². The van der Waals surface area contributed by atoms with Crippen molar-refractivity contribution in [1.82, 2.24) is 20.2 Å². The summed E-state index contributed by atoms with van der Waals surface area (Å²) in [5.74, 6) is 6.98. The van der Waals surface area contributed by atoms with Crippen molar-refractivity contribution in [1.29, 1.82) is 0 Å². The van der Waals surface area contributed by atoms with E-state index < -0.39 is 0 Å². The van der Waals surface area contributed by atoms with E-state index in [4.69, 9.17) is 5.84 Å². The number of thioether (sulfide) groups is 1. The number of hydrogen-bond acceptors (Lipinski definition) is 5. The molecule has 0 saturated heterocycles. The standard InChI is InChI=1S/C19H29N5OS/c1-6-7-13(2)21-16(25)12-26-18-23-22-17(24(18)20)14-8-10-15(11-9-14)19(3,4)5/h8-11,13H,6-7,12,20H2,1-5H3,(H,21,25)/t13-/m1/s1. The first-order valence-corrected chi connectivity index (χ1v) is 9.94. The van der Waals surface area contributed by atoms with Crippen LogP contribution >= 0.6 is 11.8 Å². The first-order valence-electron chi connectivity index (χ1n) is 8.96. The van der Waals surface area contributed by atoms with E-state index in [2.05, 4.69) is 55.3 Å². The molecule has 2 rings (SSSR count). The Hall–Kier alpha value is -2.02. The molecule has 26 heavy (non-hydrogen) atoms. The molecule has 1 heterocycles. The van der Waals surface area contributed by atoms with Crippen LogP contribution in [0.1, 0.15) is 53.0 Å². The normalized spacial score (nSPS) is 12.8. The summed E-state index contributed by atoms with van der Waals surface area (Å²) in [6.07, 6.45) is 2.02. The predicted octanol–water partition coefficient (Wildman–Crippen LogP) is 3.35. The van der Waals surface area contributed by atoms with Crippen molar-refractivity contribution in [3.63, 3.8) is 0 Å². The van der Waals surface area contributed by atoms with E-state index in [1.165, 1.54) is 22.0 Å². The lowest BCUT2D eigenvalue weighted by Gasteiger charge is -2.19. The summed E-state index contributed by atoms with van der Waals surface area (Å²) >= 11 is 1.29. The van der Waals surface area contributed by atoms with Crippen molar-refractivity contribution in [3.05, 3.63) is 29.8 Å². The van der Waals surface area contributed by atoms with Gasteiger partial charge in [-0.1, -0.05) is 70.1 Å². The van der Waals surface area contributed by atoms with Crippen LogP contribution in [0.25, 0.3) is 11.4 Å². The number of carbonyl (C=O) groups excluding carboxylic acids is 1. The van der Waals surface area contributed by atoms with E-state index in [9.17, 15) is 4.79 Å². The minimum atomic E-state index is -0.0185. The lowest BCUT2D eigenvalue weighted by molar-refractivity contribution is -0.119. The Balaban J connectivity index is 2.02. The van der Waals surface area contributed by atoms with Gasteiger partial charge in [0.25, 0.3) is 0 Å². The van der Waals surface area contributed by atoms with E-state index in [0.717, 1.165) is 18.4 Å². The monoisotopic (exact) mass is 375 g/mol. The molecule has 0 aliphatic carbocycles. The van der Waals surface area contributed by atoms with E-state index in [1.54, 1.807) is 0 Å². The van der Waals surface area contributed by atoms with Crippen LogP contribution in [0.2, 0.25) is 0 Å². The zero-order valence-electron chi connectivity index (χ0n) is 16.2. The SMILES string of the molecule is CCC[C@@H](C)NC(=O)CSc1nnc(-c2ccc(C(C)(C)C)cc2)n1N. The zero-order chi connectivity index (χ0) is 19.3. The Bertz CT molecular complexity index is 733. The number of amides is 1. The summed E-state index contributed by atoms with van der Waals surface area (Å²) < 4.78 is 1.44. The van der Waals surface area contributed by atoms with Gasteiger partial charge in [0.1, 0.15) is 0 Å². The van der Waals surface area contributed by atoms with Crippen molar-refractivity contribution in [2.45, 2.75) is 64.1 Å². The van der Waals surface area contributed by atoms with E-state index in [-0.39, 0.29) is 23.1 Å². The maximum Gasteiger partial charge on any atom is 0.230 e. The molecule has 0 spiro atoms. The van der Waals surface area contributed by atoms with Crippen molar-refractivity contribution in [2.75, 3.05) is 11.6 Å². The number of carbonyl (C=O) groups is 1. The minimum absolute atomic E-state index is 0.0185. The van der Waals surface area contributed by atoms with Crippen molar-refractivity contribution >= 4 is 17.7 Å². The fourth-order valence-corrected chi connectivity index (χ4v) is 3.31. The molecule has 0 saturated carbocycles. The highest BCUT2D eigenvalue weighted by Gasteiger charge is 2.17. The van der Waals surface area contributed by atoms with E-state index in [0.29, 0.717) is 11.0 Å². The Morgan fingerprint density at radius 1 is 1.27 bits per heavy atom. The quantitative estimate of drug-likeness (QED) is 0.572. The van der Waals surface area contributed by atoms with Crippen LogP contribution in [0.5, 0.6) is 0 Å². The molecule has 0 fully saturated rings. The summed E-state index contributed by atoms with van der Waals surface area (Å²) in [6, 6.07) is 8.35. The molecule has 0 unspecified atom stereocenters. The number of benzene rings is 1. The predicted molar refractivity (Wildman–Crippen MR) is 108 cm³/mol. The number of nitrogens with zero attached hydrogens (tertiary/aromatic N) is 3. The largest absolute Gasteiger partial charge is 0.353 e. The maximum atomic E-state index is 12.0. The molecule has 1 aromatic carbocycles. The van der Waals surface area contributed by atoms with Crippen LogP contribution in [0.15, 0.2) is 29.4 Å². The first-order chi connectivity index (χ1) is 12.2. The topological polar surface area (TPSA) is 85.8 Å². The average molecular weight is 376 g/mol. The fraction of sp³-hybridized carbons (Fsp3) is 0.526. The minimum Gasteiger partial charge on any atom is -0.353 e. The summed E-state index contributed by atoms with van der Waals surface area (Å²) in [4.78, 5) is 12.0. The summed E-state index contributed by atoms with van der Waals surface area (Å²) in [7, 11) is 0. The molecule has 6 nitrogen and oxygen atoms in total. The molecule has 7 heteroatoms. The molecule has 0 radical (unpaired) electrons. The van der Waals surface area contributed by atoms with Gasteiger partial charge in [0.15, 0.2) is 5.82 Å². The van der Waals surface area contributed by atoms with Crippen LogP contribution in [-0.2, 0) is 10.2 Å². The number of hydrogen-bond donors (Lipinski definition) is 2. The molecular formula is C19H29N5OS. The molecular weight excluding hydrogens is 346 g/mol. The van der Waals surface area contributed by atoms with Crippen molar-refractivity contribution in [2.24, 2.45) is 0 Å². The Morgan fingerprint density at radius 2 is 1.92 bits per heavy atom. The van der Waals surface area contributed by atoms with Gasteiger partial charge >= 0.3 is 0 Å². The second-order valence-electron chi connectivity index (χ2n) is 7.55. The lowest BCUT2D eigenvalue weighted by atomic mass is 9.87. The van der Waals surface area contributed by atoms with Crippen LogP contribution < -0.4 is 11.2 Å². The van der Waals surface area contributed by atoms with Crippen LogP contribution in [0, 0.1) is 0 Å². The second-order valence-corrected chi connectivity index (χ2v) is 8.49. The lowest BCUT2D eigenvalue weighted by Crippen LogP contribution is -2.33. The van der Waals surface area contributed by atoms with Gasteiger partial charge in [-0.05, 0) is 24.3 Å². The number of nitrogen functional groups attached to an aromatic ring is 1. The van der Waals surface area contributed by atoms with Gasteiger partial charge in [0.05, 0.1) is 5.75 Å². The molecule has 142 valence electrons. The number of aromatic nitrogens is 3. The van der Waals surface area contributed by atoms with E-state index >= 15 is 0 Å². The molecule has 1 amide bonds. The number of nitrogens with one attached hydrogen (secondary N) is 1. The molecule has 0 aliphatic rings. The van der Waals surface area contributed by atoms with Crippen LogP contribution in [0.3, 0.4) is 0 Å². The van der Waals surface area contributed by atoms with Crippen molar-refractivity contribution in [3.8, 4) is 11.4 Å². The smallest absolute Gasteiger partial charge is 0.230 e. The highest BCUT2D eigenvalue weighted by molar-refractivity contribution is 7.99. The number of rotatable bonds is 7. The van der Waals surface area contributed by atoms with Gasteiger partial charge in [0, 0.05) is 11.6 Å². The van der Waals surface area contributed by atoms with E-state index in [1.807, 2.05) is 19.1 Å². The third-order valence-corrected chi connectivity index (χ3v) is 5.08. The second kappa shape index (κ2) is 8.58. The summed E-state index contributed by atoms with van der Waals surface area (Å²) in [5, 5.41) is 11.8. The molecule has 0 bridgehead atoms. The van der Waals surface area contributed by atoms with Gasteiger partial charge in [-0.3, -0.25) is 4.79 Å². The summed E-state index contributed by atoms with van der Waals surface area (Å²) in [6.45, 7) is 10.6. The molecule has 1 aromatic heterocycles. The maximum absolute atomic E-state index is 12.0. The van der Waals surface area contributed by atoms with Gasteiger partial charge in [-0.15, -0.1) is 10.2 Å². The molecule has 0 aliphatic heterocycles. The Labute approximate surface area is 159 Å². The van der Waals surface area contributed by atoms with Gasteiger partial charge in [-0.2, -0.15) is 0 Å². The van der Waals surface area contributed by atoms with Crippen LogP contribution in [-0.4, -0.2) is 32.6 Å². The third kappa shape index (κ3) is 5.24. The van der Waals surface area contributed by atoms with Gasteiger partial charge in [-0.25, -0.2) is 4.68 Å². The zero-order valence-corrected chi connectivity index (χ0v) is 17.1. The highest BCUT2D eigenvalue weighted by Crippen LogP contribution is 2.26. The van der Waals surface area contributed by atoms with Crippen molar-refractivity contribution < 1.29 is 4.79 Å². The first kappa shape index (κ1) is 20.3. The Kier molecular flexibility index (Phi) is 6.69. The molecule has 1 atom stereocenters. The average Bonchev–Trinajstić information content (AvgIpc) is 2.93. The Morgan fingerprint density at radius 3 is 2.50 bits per heavy atom.